The van der Waals surface area contributed by atoms with Gasteiger partial charge in [-0.05, 0) is 60.7 Å². The zero-order valence-corrected chi connectivity index (χ0v) is 22.0. The Labute approximate surface area is 240 Å². The van der Waals surface area contributed by atoms with E-state index < -0.39 is 10.8 Å². The van der Waals surface area contributed by atoms with Crippen molar-refractivity contribution < 1.29 is 23.7 Å². The van der Waals surface area contributed by atoms with E-state index in [1.807, 2.05) is 0 Å². The van der Waals surface area contributed by atoms with Gasteiger partial charge in [0.2, 0.25) is 5.91 Å². The molecular formula is C33H23N3O6. The quantitative estimate of drug-likeness (QED) is 0.0869. The Kier molecular flexibility index (Phi) is 8.11. The minimum atomic E-state index is -0.479. The van der Waals surface area contributed by atoms with Gasteiger partial charge in [0.05, 0.1) is 10.6 Å². The molecule has 0 unspecified atom stereocenters. The predicted octanol–water partition coefficient (Wildman–Crippen LogP) is 6.99. The van der Waals surface area contributed by atoms with Gasteiger partial charge in [-0.2, -0.15) is 0 Å². The molecule has 4 aromatic carbocycles. The number of hydrogen-bond donors (Lipinski definition) is 2. The predicted molar refractivity (Wildman–Crippen MR) is 159 cm³/mol. The third kappa shape index (κ3) is 6.54. The average Bonchev–Trinajstić information content (AvgIpc) is 3.50. The number of nitro benzene ring substituents is 1. The van der Waals surface area contributed by atoms with Crippen molar-refractivity contribution >= 4 is 40.7 Å². The van der Waals surface area contributed by atoms with Crippen LogP contribution >= 0.6 is 0 Å². The number of amides is 2. The molecule has 0 fully saturated rings. The highest BCUT2D eigenvalue weighted by Gasteiger charge is 2.17. The highest BCUT2D eigenvalue weighted by Crippen LogP contribution is 2.26. The van der Waals surface area contributed by atoms with Gasteiger partial charge in [-0.1, -0.05) is 48.5 Å². The lowest BCUT2D eigenvalue weighted by molar-refractivity contribution is -0.384. The van der Waals surface area contributed by atoms with Crippen molar-refractivity contribution in [2.75, 3.05) is 10.6 Å². The fraction of sp³-hybridized carbons (Fsp3) is 0. The summed E-state index contributed by atoms with van der Waals surface area (Å²) in [5.74, 6) is -0.272. The fourth-order valence-electron chi connectivity index (χ4n) is 4.13. The van der Waals surface area contributed by atoms with Crippen molar-refractivity contribution in [3.8, 4) is 11.3 Å². The maximum atomic E-state index is 13.4. The van der Waals surface area contributed by atoms with Gasteiger partial charge in [-0.25, -0.2) is 0 Å². The van der Waals surface area contributed by atoms with Crippen LogP contribution < -0.4 is 10.6 Å². The van der Waals surface area contributed by atoms with Crippen LogP contribution in [-0.4, -0.2) is 22.5 Å². The number of nitrogens with zero attached hydrogens (tertiary/aromatic N) is 1. The van der Waals surface area contributed by atoms with E-state index in [1.54, 1.807) is 97.1 Å². The number of ketones is 1. The van der Waals surface area contributed by atoms with Gasteiger partial charge in [-0.3, -0.25) is 24.5 Å². The second kappa shape index (κ2) is 12.4. The number of nitro groups is 1. The van der Waals surface area contributed by atoms with Crippen molar-refractivity contribution in [2.24, 2.45) is 0 Å². The molecule has 0 saturated carbocycles. The maximum absolute atomic E-state index is 13.4. The molecule has 42 heavy (non-hydrogen) atoms. The molecule has 0 spiro atoms. The molecule has 0 aliphatic carbocycles. The zero-order valence-electron chi connectivity index (χ0n) is 22.0. The van der Waals surface area contributed by atoms with Crippen LogP contribution in [0.25, 0.3) is 17.4 Å². The number of nitrogens with one attached hydrogen (secondary N) is 2. The van der Waals surface area contributed by atoms with E-state index in [0.29, 0.717) is 39.6 Å². The monoisotopic (exact) mass is 557 g/mol. The Balaban J connectivity index is 1.32. The Morgan fingerprint density at radius 3 is 2.07 bits per heavy atom. The van der Waals surface area contributed by atoms with Crippen LogP contribution in [-0.2, 0) is 4.79 Å². The van der Waals surface area contributed by atoms with Gasteiger partial charge < -0.3 is 15.1 Å². The molecule has 0 aliphatic rings. The first-order valence-electron chi connectivity index (χ1n) is 12.8. The molecule has 5 aromatic rings. The third-order valence-electron chi connectivity index (χ3n) is 6.24. The highest BCUT2D eigenvalue weighted by atomic mass is 16.6. The molecule has 2 N–H and O–H groups in total. The number of carbonyl (C=O) groups excluding carboxylic acids is 3. The van der Waals surface area contributed by atoms with Gasteiger partial charge >= 0.3 is 0 Å². The lowest BCUT2D eigenvalue weighted by Gasteiger charge is -2.13. The van der Waals surface area contributed by atoms with E-state index in [-0.39, 0.29) is 22.9 Å². The minimum Gasteiger partial charge on any atom is -0.457 e. The summed E-state index contributed by atoms with van der Waals surface area (Å²) >= 11 is 0. The highest BCUT2D eigenvalue weighted by molar-refractivity contribution is 6.16. The van der Waals surface area contributed by atoms with Gasteiger partial charge in [0.25, 0.3) is 11.6 Å². The molecule has 0 saturated heterocycles. The second-order valence-corrected chi connectivity index (χ2v) is 9.10. The number of carbonyl (C=O) groups is 3. The number of hydrogen-bond acceptors (Lipinski definition) is 6. The van der Waals surface area contributed by atoms with E-state index in [2.05, 4.69) is 10.6 Å². The molecule has 0 bridgehead atoms. The second-order valence-electron chi connectivity index (χ2n) is 9.10. The van der Waals surface area contributed by atoms with Crippen LogP contribution in [0, 0.1) is 10.1 Å². The van der Waals surface area contributed by atoms with Crippen LogP contribution in [0.1, 0.15) is 32.0 Å². The molecular weight excluding hydrogens is 534 g/mol. The number of rotatable bonds is 9. The van der Waals surface area contributed by atoms with Gasteiger partial charge in [-0.15, -0.1) is 0 Å². The minimum absolute atomic E-state index is 0.0256. The van der Waals surface area contributed by atoms with Crippen LogP contribution in [0.5, 0.6) is 0 Å². The first-order chi connectivity index (χ1) is 20.4. The molecule has 2 amide bonds. The van der Waals surface area contributed by atoms with Crippen molar-refractivity contribution in [3.63, 3.8) is 0 Å². The van der Waals surface area contributed by atoms with Gasteiger partial charge in [0, 0.05) is 46.1 Å². The van der Waals surface area contributed by atoms with Crippen molar-refractivity contribution in [3.05, 3.63) is 154 Å². The lowest BCUT2D eigenvalue weighted by Crippen LogP contribution is -2.16. The molecule has 0 radical (unpaired) electrons. The van der Waals surface area contributed by atoms with E-state index in [1.165, 1.54) is 30.4 Å². The molecule has 9 nitrogen and oxygen atoms in total. The first kappa shape index (κ1) is 27.5. The Morgan fingerprint density at radius 1 is 0.738 bits per heavy atom. The van der Waals surface area contributed by atoms with Crippen molar-refractivity contribution in [1.82, 2.24) is 0 Å². The van der Waals surface area contributed by atoms with Crippen LogP contribution in [0.2, 0.25) is 0 Å². The number of non-ortho nitro benzene ring substituents is 1. The summed E-state index contributed by atoms with van der Waals surface area (Å²) in [5, 5.41) is 16.4. The Bertz CT molecular complexity index is 1790. The van der Waals surface area contributed by atoms with Crippen molar-refractivity contribution in [1.29, 1.82) is 0 Å². The summed E-state index contributed by atoms with van der Waals surface area (Å²) in [6.07, 6.45) is 2.76. The average molecular weight is 558 g/mol. The van der Waals surface area contributed by atoms with E-state index in [4.69, 9.17) is 4.42 Å². The largest absolute Gasteiger partial charge is 0.457 e. The van der Waals surface area contributed by atoms with E-state index in [0.717, 1.165) is 0 Å². The van der Waals surface area contributed by atoms with Crippen LogP contribution in [0.4, 0.5) is 17.1 Å². The normalized spacial score (nSPS) is 10.8. The Morgan fingerprint density at radius 2 is 1.40 bits per heavy atom. The molecule has 5 rings (SSSR count). The molecule has 206 valence electrons. The summed E-state index contributed by atoms with van der Waals surface area (Å²) in [6, 6.07) is 31.2. The molecule has 1 aromatic heterocycles. The van der Waals surface area contributed by atoms with E-state index >= 15 is 0 Å². The zero-order chi connectivity index (χ0) is 29.5. The molecule has 0 atom stereocenters. The fourth-order valence-corrected chi connectivity index (χ4v) is 4.13. The molecule has 0 aliphatic heterocycles. The van der Waals surface area contributed by atoms with Gasteiger partial charge in [0.15, 0.2) is 5.78 Å². The third-order valence-corrected chi connectivity index (χ3v) is 6.24. The first-order valence-corrected chi connectivity index (χ1v) is 12.8. The van der Waals surface area contributed by atoms with Crippen LogP contribution in [0.3, 0.4) is 0 Å². The maximum Gasteiger partial charge on any atom is 0.269 e. The van der Waals surface area contributed by atoms with Crippen LogP contribution in [0.15, 0.2) is 126 Å². The summed E-state index contributed by atoms with van der Waals surface area (Å²) in [6.45, 7) is 0. The number of benzene rings is 4. The smallest absolute Gasteiger partial charge is 0.269 e. The summed E-state index contributed by atoms with van der Waals surface area (Å²) < 4.78 is 5.74. The molecule has 1 heterocycles. The SMILES string of the molecule is O=C(/C=C/c1ccc(-c2ccc([N+](=O)[O-])cc2)o1)Nc1ccc(NC(=O)c2ccccc2)c(C(=O)c2ccccc2)c1. The Hall–Kier alpha value is -6.09. The van der Waals surface area contributed by atoms with E-state index in [9.17, 15) is 24.5 Å². The van der Waals surface area contributed by atoms with Crippen molar-refractivity contribution in [2.45, 2.75) is 0 Å². The molecule has 9 heteroatoms. The summed E-state index contributed by atoms with van der Waals surface area (Å²) in [7, 11) is 0. The topological polar surface area (TPSA) is 132 Å². The number of furan rings is 1. The van der Waals surface area contributed by atoms with Gasteiger partial charge in [0.1, 0.15) is 11.5 Å². The lowest BCUT2D eigenvalue weighted by atomic mass is 10.0. The number of anilines is 2. The summed E-state index contributed by atoms with van der Waals surface area (Å²) in [5.41, 5.74) is 2.37. The summed E-state index contributed by atoms with van der Waals surface area (Å²) in [4.78, 5) is 49.3. The standard InChI is InChI=1S/C33H23N3O6/c37-31(20-17-27-16-19-30(42-27)22-11-14-26(15-12-22)36(40)41)34-25-13-18-29(35-33(39)24-9-5-2-6-10-24)28(21-25)32(38)23-7-3-1-4-8-23/h1-21H,(H,34,37)(H,35,39)/b20-17+.